The molecule has 0 saturated heterocycles. The molecule has 3 N–H and O–H groups in total. The number of carbonyl (C=O) groups excluding carboxylic acids is 1. The van der Waals surface area contributed by atoms with Crippen LogP contribution in [0.5, 0.6) is 0 Å². The summed E-state index contributed by atoms with van der Waals surface area (Å²) in [6, 6.07) is 7.97. The van der Waals surface area contributed by atoms with E-state index < -0.39 is 0 Å². The molecule has 1 aliphatic carbocycles. The quantitative estimate of drug-likeness (QED) is 0.851. The predicted octanol–water partition coefficient (Wildman–Crippen LogP) is 1.83. The maximum absolute atomic E-state index is 11.1. The average molecular weight is 262 g/mol. The number of nitrogens with one attached hydrogen (secondary N) is 1. The SMILES string of the molecule is COC1CCCC(NCc2cccc(C(N)=O)c2)C1. The lowest BCUT2D eigenvalue weighted by molar-refractivity contribution is 0.0586. The lowest BCUT2D eigenvalue weighted by Gasteiger charge is -2.29. The maximum atomic E-state index is 11.1. The maximum Gasteiger partial charge on any atom is 0.248 e. The lowest BCUT2D eigenvalue weighted by Crippen LogP contribution is -2.36. The fourth-order valence-corrected chi connectivity index (χ4v) is 2.64. The normalized spacial score (nSPS) is 23.2. The van der Waals surface area contributed by atoms with Gasteiger partial charge in [-0.3, -0.25) is 4.79 Å². The standard InChI is InChI=1S/C15H22N2O2/c1-19-14-7-3-6-13(9-14)17-10-11-4-2-5-12(8-11)15(16)18/h2,4-5,8,13-14,17H,3,6-7,9-10H2,1H3,(H2,16,18). The molecule has 1 aliphatic rings. The highest BCUT2D eigenvalue weighted by atomic mass is 16.5. The first-order valence-electron chi connectivity index (χ1n) is 6.84. The molecule has 0 aliphatic heterocycles. The molecule has 19 heavy (non-hydrogen) atoms. The smallest absolute Gasteiger partial charge is 0.248 e. The van der Waals surface area contributed by atoms with Crippen LogP contribution in [0, 0.1) is 0 Å². The molecule has 4 nitrogen and oxygen atoms in total. The van der Waals surface area contributed by atoms with Crippen LogP contribution in [0.1, 0.15) is 41.6 Å². The molecule has 1 aromatic rings. The van der Waals surface area contributed by atoms with Gasteiger partial charge in [-0.15, -0.1) is 0 Å². The van der Waals surface area contributed by atoms with Crippen LogP contribution in [-0.2, 0) is 11.3 Å². The summed E-state index contributed by atoms with van der Waals surface area (Å²) in [7, 11) is 1.78. The minimum Gasteiger partial charge on any atom is -0.381 e. The van der Waals surface area contributed by atoms with Crippen molar-refractivity contribution >= 4 is 5.91 Å². The molecule has 1 saturated carbocycles. The number of hydrogen-bond acceptors (Lipinski definition) is 3. The Morgan fingerprint density at radius 3 is 3.05 bits per heavy atom. The van der Waals surface area contributed by atoms with Crippen molar-refractivity contribution in [2.45, 2.75) is 44.4 Å². The Labute approximate surface area is 114 Å². The number of methoxy groups -OCH3 is 1. The van der Waals surface area contributed by atoms with Gasteiger partial charge in [-0.25, -0.2) is 0 Å². The van der Waals surface area contributed by atoms with E-state index >= 15 is 0 Å². The van der Waals surface area contributed by atoms with E-state index in [4.69, 9.17) is 10.5 Å². The molecule has 1 aromatic carbocycles. The molecule has 0 heterocycles. The van der Waals surface area contributed by atoms with Crippen LogP contribution in [0.2, 0.25) is 0 Å². The first kappa shape index (κ1) is 14.0. The van der Waals surface area contributed by atoms with E-state index in [0.717, 1.165) is 24.9 Å². The van der Waals surface area contributed by atoms with Crippen LogP contribution in [-0.4, -0.2) is 25.2 Å². The number of rotatable bonds is 5. The van der Waals surface area contributed by atoms with Gasteiger partial charge in [0.05, 0.1) is 6.10 Å². The van der Waals surface area contributed by atoms with Crippen molar-refractivity contribution in [2.24, 2.45) is 5.73 Å². The zero-order valence-corrected chi connectivity index (χ0v) is 11.4. The van der Waals surface area contributed by atoms with Crippen molar-refractivity contribution in [1.82, 2.24) is 5.32 Å². The molecule has 1 fully saturated rings. The summed E-state index contributed by atoms with van der Waals surface area (Å²) in [4.78, 5) is 11.1. The molecule has 1 amide bonds. The Kier molecular flexibility index (Phi) is 4.93. The van der Waals surface area contributed by atoms with Crippen LogP contribution in [0.4, 0.5) is 0 Å². The van der Waals surface area contributed by atoms with Crippen molar-refractivity contribution in [3.63, 3.8) is 0 Å². The van der Waals surface area contributed by atoms with Crippen molar-refractivity contribution in [1.29, 1.82) is 0 Å². The average Bonchev–Trinajstić information content (AvgIpc) is 2.45. The van der Waals surface area contributed by atoms with E-state index in [1.807, 2.05) is 18.2 Å². The van der Waals surface area contributed by atoms with E-state index in [-0.39, 0.29) is 5.91 Å². The zero-order chi connectivity index (χ0) is 13.7. The van der Waals surface area contributed by atoms with Gasteiger partial charge in [-0.05, 0) is 43.4 Å². The van der Waals surface area contributed by atoms with E-state index in [1.54, 1.807) is 13.2 Å². The number of ether oxygens (including phenoxy) is 1. The van der Waals surface area contributed by atoms with Crippen LogP contribution >= 0.6 is 0 Å². The zero-order valence-electron chi connectivity index (χ0n) is 11.4. The molecule has 4 heteroatoms. The molecular weight excluding hydrogens is 240 g/mol. The Morgan fingerprint density at radius 1 is 1.47 bits per heavy atom. The molecule has 2 rings (SSSR count). The number of carbonyl (C=O) groups is 1. The van der Waals surface area contributed by atoms with Gasteiger partial charge >= 0.3 is 0 Å². The van der Waals surface area contributed by atoms with E-state index in [2.05, 4.69) is 5.32 Å². The Bertz CT molecular complexity index is 434. The first-order valence-corrected chi connectivity index (χ1v) is 6.84. The summed E-state index contributed by atoms with van der Waals surface area (Å²) in [5, 5.41) is 3.54. The van der Waals surface area contributed by atoms with Crippen LogP contribution in [0.15, 0.2) is 24.3 Å². The predicted molar refractivity (Wildman–Crippen MR) is 74.9 cm³/mol. The van der Waals surface area contributed by atoms with Crippen molar-refractivity contribution in [2.75, 3.05) is 7.11 Å². The minimum atomic E-state index is -0.376. The fourth-order valence-electron chi connectivity index (χ4n) is 2.64. The highest BCUT2D eigenvalue weighted by molar-refractivity contribution is 5.92. The molecule has 104 valence electrons. The number of primary amides is 1. The van der Waals surface area contributed by atoms with Gasteiger partial charge < -0.3 is 15.8 Å². The molecule has 0 radical (unpaired) electrons. The molecule has 2 atom stereocenters. The Morgan fingerprint density at radius 2 is 2.32 bits per heavy atom. The highest BCUT2D eigenvalue weighted by Crippen LogP contribution is 2.21. The third kappa shape index (κ3) is 4.04. The fraction of sp³-hybridized carbons (Fsp3) is 0.533. The minimum absolute atomic E-state index is 0.376. The molecular formula is C15H22N2O2. The van der Waals surface area contributed by atoms with Crippen LogP contribution in [0.25, 0.3) is 0 Å². The van der Waals surface area contributed by atoms with Gasteiger partial charge in [0.25, 0.3) is 0 Å². The van der Waals surface area contributed by atoms with Gasteiger partial charge in [0.15, 0.2) is 0 Å². The number of benzene rings is 1. The van der Waals surface area contributed by atoms with E-state index in [0.29, 0.717) is 17.7 Å². The van der Waals surface area contributed by atoms with Crippen molar-refractivity contribution in [3.05, 3.63) is 35.4 Å². The van der Waals surface area contributed by atoms with Gasteiger partial charge in [-0.1, -0.05) is 12.1 Å². The molecule has 0 bridgehead atoms. The molecule has 2 unspecified atom stereocenters. The van der Waals surface area contributed by atoms with Gasteiger partial charge in [0, 0.05) is 25.3 Å². The third-order valence-corrected chi connectivity index (χ3v) is 3.77. The summed E-state index contributed by atoms with van der Waals surface area (Å²) in [5.74, 6) is -0.376. The largest absolute Gasteiger partial charge is 0.381 e. The number of hydrogen-bond donors (Lipinski definition) is 2. The summed E-state index contributed by atoms with van der Waals surface area (Å²) in [6.07, 6.45) is 4.99. The summed E-state index contributed by atoms with van der Waals surface area (Å²) in [5.41, 5.74) is 6.94. The second kappa shape index (κ2) is 6.68. The third-order valence-electron chi connectivity index (χ3n) is 3.77. The van der Waals surface area contributed by atoms with Crippen molar-refractivity contribution in [3.8, 4) is 0 Å². The summed E-state index contributed by atoms with van der Waals surface area (Å²) in [6.45, 7) is 0.766. The van der Waals surface area contributed by atoms with Crippen LogP contribution < -0.4 is 11.1 Å². The second-order valence-corrected chi connectivity index (χ2v) is 5.17. The monoisotopic (exact) mass is 262 g/mol. The second-order valence-electron chi connectivity index (χ2n) is 5.17. The topological polar surface area (TPSA) is 64.3 Å². The number of amides is 1. The van der Waals surface area contributed by atoms with Gasteiger partial charge in [0.1, 0.15) is 0 Å². The number of nitrogens with two attached hydrogens (primary N) is 1. The van der Waals surface area contributed by atoms with Crippen molar-refractivity contribution < 1.29 is 9.53 Å². The Balaban J connectivity index is 1.88. The molecule has 0 spiro atoms. The summed E-state index contributed by atoms with van der Waals surface area (Å²) >= 11 is 0. The van der Waals surface area contributed by atoms with E-state index in [1.165, 1.54) is 12.8 Å². The van der Waals surface area contributed by atoms with Crippen LogP contribution in [0.3, 0.4) is 0 Å². The lowest BCUT2D eigenvalue weighted by atomic mass is 9.92. The van der Waals surface area contributed by atoms with Gasteiger partial charge in [0.2, 0.25) is 5.91 Å². The summed E-state index contributed by atoms with van der Waals surface area (Å²) < 4.78 is 5.42. The van der Waals surface area contributed by atoms with Gasteiger partial charge in [-0.2, -0.15) is 0 Å². The van der Waals surface area contributed by atoms with E-state index in [9.17, 15) is 4.79 Å². The Hall–Kier alpha value is -1.39. The first-order chi connectivity index (χ1) is 9.19. The molecule has 0 aromatic heterocycles. The highest BCUT2D eigenvalue weighted by Gasteiger charge is 2.20.